The third kappa shape index (κ3) is 5.02. The van der Waals surface area contributed by atoms with E-state index in [1.54, 1.807) is 0 Å². The average molecular weight is 357 g/mol. The van der Waals surface area contributed by atoms with Crippen molar-refractivity contribution in [3.8, 4) is 0 Å². The third-order valence-electron chi connectivity index (χ3n) is 3.88. The maximum absolute atomic E-state index is 12.0. The number of benzene rings is 1. The van der Waals surface area contributed by atoms with Gasteiger partial charge in [-0.25, -0.2) is 9.48 Å². The molecule has 1 heterocycles. The molecule has 1 unspecified atom stereocenters. The molecule has 0 fully saturated rings. The molecule has 7 nitrogen and oxygen atoms in total. The Morgan fingerprint density at radius 3 is 2.65 bits per heavy atom. The van der Waals surface area contributed by atoms with E-state index in [4.69, 9.17) is 4.74 Å². The minimum absolute atomic E-state index is 0.00203. The Kier molecular flexibility index (Phi) is 6.66. The second kappa shape index (κ2) is 8.94. The van der Waals surface area contributed by atoms with Gasteiger partial charge in [0, 0.05) is 12.6 Å². The average Bonchev–Trinajstić information content (AvgIpc) is 2.62. The summed E-state index contributed by atoms with van der Waals surface area (Å²) in [5.74, 6) is -1.15. The van der Waals surface area contributed by atoms with E-state index in [1.165, 1.54) is 16.8 Å². The monoisotopic (exact) mass is 357 g/mol. The van der Waals surface area contributed by atoms with Crippen LogP contribution in [0.3, 0.4) is 0 Å². The molecule has 1 aromatic carbocycles. The minimum atomic E-state index is -0.742. The smallest absolute Gasteiger partial charge is 0.359 e. The second-order valence-electron chi connectivity index (χ2n) is 6.00. The van der Waals surface area contributed by atoms with Crippen molar-refractivity contribution in [1.82, 2.24) is 15.1 Å². The zero-order valence-corrected chi connectivity index (χ0v) is 15.2. The van der Waals surface area contributed by atoms with Crippen LogP contribution in [-0.4, -0.2) is 28.3 Å². The van der Waals surface area contributed by atoms with Gasteiger partial charge in [0.2, 0.25) is 0 Å². The summed E-state index contributed by atoms with van der Waals surface area (Å²) in [6, 6.07) is 10.1. The Balaban J connectivity index is 1.93. The molecule has 0 spiro atoms. The first-order valence-corrected chi connectivity index (χ1v) is 8.52. The standard InChI is InChI=1S/C19H23N3O4/c1-4-11-22-18(24)10-9-16(21-22)19(25)26-12-17(23)20-14(3)15-8-6-5-7-13(15)2/h5-10,14H,4,11-12H2,1-3H3,(H,20,23). The number of ether oxygens (including phenoxy) is 1. The minimum Gasteiger partial charge on any atom is -0.451 e. The molecule has 0 aliphatic rings. The highest BCUT2D eigenvalue weighted by Gasteiger charge is 2.15. The van der Waals surface area contributed by atoms with Crippen LogP contribution in [0, 0.1) is 6.92 Å². The predicted octanol–water partition coefficient (Wildman–Crippen LogP) is 2.00. The van der Waals surface area contributed by atoms with Gasteiger partial charge in [-0.2, -0.15) is 5.10 Å². The van der Waals surface area contributed by atoms with Gasteiger partial charge >= 0.3 is 5.97 Å². The van der Waals surface area contributed by atoms with E-state index < -0.39 is 18.5 Å². The molecule has 26 heavy (non-hydrogen) atoms. The second-order valence-corrected chi connectivity index (χ2v) is 6.00. The highest BCUT2D eigenvalue weighted by atomic mass is 16.5. The number of amides is 1. The van der Waals surface area contributed by atoms with E-state index in [-0.39, 0.29) is 17.3 Å². The normalized spacial score (nSPS) is 11.7. The number of esters is 1. The quantitative estimate of drug-likeness (QED) is 0.766. The summed E-state index contributed by atoms with van der Waals surface area (Å²) in [4.78, 5) is 35.7. The Morgan fingerprint density at radius 2 is 1.96 bits per heavy atom. The molecule has 1 N–H and O–H groups in total. The molecule has 138 valence electrons. The molecule has 0 radical (unpaired) electrons. The summed E-state index contributed by atoms with van der Waals surface area (Å²) < 4.78 is 6.21. The van der Waals surface area contributed by atoms with Gasteiger partial charge in [0.1, 0.15) is 0 Å². The van der Waals surface area contributed by atoms with E-state index >= 15 is 0 Å². The number of nitrogens with one attached hydrogen (secondary N) is 1. The van der Waals surface area contributed by atoms with Crippen molar-refractivity contribution in [2.45, 2.75) is 39.8 Å². The number of carbonyl (C=O) groups excluding carboxylic acids is 2. The fourth-order valence-electron chi connectivity index (χ4n) is 2.57. The molecule has 7 heteroatoms. The van der Waals surface area contributed by atoms with Crippen molar-refractivity contribution in [3.05, 3.63) is 63.6 Å². The highest BCUT2D eigenvalue weighted by molar-refractivity contribution is 5.89. The van der Waals surface area contributed by atoms with Crippen molar-refractivity contribution in [3.63, 3.8) is 0 Å². The number of aromatic nitrogens is 2. The van der Waals surface area contributed by atoms with Gasteiger partial charge in [0.05, 0.1) is 6.04 Å². The zero-order chi connectivity index (χ0) is 19.1. The first kappa shape index (κ1) is 19.4. The summed E-state index contributed by atoms with van der Waals surface area (Å²) >= 11 is 0. The van der Waals surface area contributed by atoms with Crippen LogP contribution in [0.1, 0.15) is 47.9 Å². The number of carbonyl (C=O) groups is 2. The van der Waals surface area contributed by atoms with Crippen molar-refractivity contribution < 1.29 is 14.3 Å². The molecule has 0 aliphatic heterocycles. The van der Waals surface area contributed by atoms with Crippen LogP contribution in [0.15, 0.2) is 41.2 Å². The van der Waals surface area contributed by atoms with Crippen molar-refractivity contribution in [1.29, 1.82) is 0 Å². The molecule has 2 rings (SSSR count). The molecule has 0 bridgehead atoms. The van der Waals surface area contributed by atoms with Gasteiger partial charge in [-0.1, -0.05) is 31.2 Å². The van der Waals surface area contributed by atoms with Gasteiger partial charge in [0.25, 0.3) is 11.5 Å². The van der Waals surface area contributed by atoms with Crippen LogP contribution in [0.25, 0.3) is 0 Å². The highest BCUT2D eigenvalue weighted by Crippen LogP contribution is 2.16. The number of hydrogen-bond acceptors (Lipinski definition) is 5. The van der Waals surface area contributed by atoms with E-state index in [0.29, 0.717) is 13.0 Å². The molecular weight excluding hydrogens is 334 g/mol. The van der Waals surface area contributed by atoms with Crippen molar-refractivity contribution >= 4 is 11.9 Å². The molecular formula is C19H23N3O4. The number of aryl methyl sites for hydroxylation is 2. The van der Waals surface area contributed by atoms with Crippen LogP contribution in [0.2, 0.25) is 0 Å². The molecule has 1 amide bonds. The zero-order valence-electron chi connectivity index (χ0n) is 15.2. The summed E-state index contributed by atoms with van der Waals surface area (Å²) in [5.41, 5.74) is 1.78. The Morgan fingerprint density at radius 1 is 1.23 bits per heavy atom. The van der Waals surface area contributed by atoms with Crippen LogP contribution < -0.4 is 10.9 Å². The summed E-state index contributed by atoms with van der Waals surface area (Å²) in [6.07, 6.45) is 0.713. The molecule has 0 aliphatic carbocycles. The van der Waals surface area contributed by atoms with Gasteiger partial charge in [-0.3, -0.25) is 9.59 Å². The largest absolute Gasteiger partial charge is 0.451 e. The summed E-state index contributed by atoms with van der Waals surface area (Å²) in [6.45, 7) is 5.73. The molecule has 0 saturated heterocycles. The first-order chi connectivity index (χ1) is 12.4. The molecule has 2 aromatic rings. The SMILES string of the molecule is CCCn1nc(C(=O)OCC(=O)NC(C)c2ccccc2C)ccc1=O. The lowest BCUT2D eigenvalue weighted by Gasteiger charge is -2.16. The van der Waals surface area contributed by atoms with Gasteiger partial charge < -0.3 is 10.1 Å². The van der Waals surface area contributed by atoms with Crippen molar-refractivity contribution in [2.24, 2.45) is 0 Å². The number of nitrogens with zero attached hydrogens (tertiary/aromatic N) is 2. The van der Waals surface area contributed by atoms with Crippen LogP contribution >= 0.6 is 0 Å². The Bertz CT molecular complexity index is 845. The van der Waals surface area contributed by atoms with E-state index in [2.05, 4.69) is 10.4 Å². The summed E-state index contributed by atoms with van der Waals surface area (Å²) in [5, 5.41) is 6.75. The predicted molar refractivity (Wildman–Crippen MR) is 96.8 cm³/mol. The molecule has 0 saturated carbocycles. The maximum atomic E-state index is 12.0. The first-order valence-electron chi connectivity index (χ1n) is 8.52. The lowest BCUT2D eigenvalue weighted by atomic mass is 10.0. The van der Waals surface area contributed by atoms with Gasteiger partial charge in [-0.15, -0.1) is 0 Å². The van der Waals surface area contributed by atoms with Gasteiger partial charge in [0.15, 0.2) is 12.3 Å². The Hall–Kier alpha value is -2.96. The Labute approximate surface area is 152 Å². The van der Waals surface area contributed by atoms with E-state index in [0.717, 1.165) is 11.1 Å². The maximum Gasteiger partial charge on any atom is 0.359 e. The number of rotatable bonds is 7. The fourth-order valence-corrected chi connectivity index (χ4v) is 2.57. The lowest BCUT2D eigenvalue weighted by molar-refractivity contribution is -0.124. The van der Waals surface area contributed by atoms with Crippen molar-refractivity contribution in [2.75, 3.05) is 6.61 Å². The van der Waals surface area contributed by atoms with Crippen LogP contribution in [-0.2, 0) is 16.1 Å². The van der Waals surface area contributed by atoms with Gasteiger partial charge in [-0.05, 0) is 37.5 Å². The topological polar surface area (TPSA) is 90.3 Å². The molecule has 1 aromatic heterocycles. The van der Waals surface area contributed by atoms with Crippen LogP contribution in [0.4, 0.5) is 0 Å². The van der Waals surface area contributed by atoms with E-state index in [1.807, 2.05) is 45.0 Å². The van der Waals surface area contributed by atoms with Crippen LogP contribution in [0.5, 0.6) is 0 Å². The third-order valence-corrected chi connectivity index (χ3v) is 3.88. The fraction of sp³-hybridized carbons (Fsp3) is 0.368. The lowest BCUT2D eigenvalue weighted by Crippen LogP contribution is -2.32. The van der Waals surface area contributed by atoms with E-state index in [9.17, 15) is 14.4 Å². The molecule has 1 atom stereocenters. The summed E-state index contributed by atoms with van der Waals surface area (Å²) in [7, 11) is 0. The number of hydrogen-bond donors (Lipinski definition) is 1.